The minimum atomic E-state index is -3.76. The zero-order valence-corrected chi connectivity index (χ0v) is 14.1. The Balaban J connectivity index is 2.89. The molecule has 0 amide bonds. The highest BCUT2D eigenvalue weighted by atomic mass is 32.2. The van der Waals surface area contributed by atoms with Crippen molar-refractivity contribution in [3.8, 4) is 5.75 Å². The third-order valence-corrected chi connectivity index (χ3v) is 4.63. The summed E-state index contributed by atoms with van der Waals surface area (Å²) < 4.78 is 37.0. The molecule has 0 spiro atoms. The van der Waals surface area contributed by atoms with Crippen molar-refractivity contribution in [1.29, 1.82) is 0 Å². The van der Waals surface area contributed by atoms with Gasteiger partial charge in [-0.2, -0.15) is 0 Å². The highest BCUT2D eigenvalue weighted by Crippen LogP contribution is 2.23. The quantitative estimate of drug-likeness (QED) is 0.736. The molecule has 0 heterocycles. The predicted octanol–water partition coefficient (Wildman–Crippen LogP) is 1.81. The van der Waals surface area contributed by atoms with Crippen LogP contribution in [0.25, 0.3) is 0 Å². The smallest absolute Gasteiger partial charge is 0.309 e. The molecule has 0 radical (unpaired) electrons. The van der Waals surface area contributed by atoms with Gasteiger partial charge in [0.2, 0.25) is 10.0 Å². The van der Waals surface area contributed by atoms with E-state index < -0.39 is 21.9 Å². The second kappa shape index (κ2) is 8.14. The van der Waals surface area contributed by atoms with E-state index in [0.717, 1.165) is 0 Å². The average Bonchev–Trinajstić information content (AvgIpc) is 2.50. The van der Waals surface area contributed by atoms with Crippen LogP contribution in [0, 0.1) is 11.8 Å². The molecule has 22 heavy (non-hydrogen) atoms. The van der Waals surface area contributed by atoms with E-state index in [1.54, 1.807) is 18.2 Å². The summed E-state index contributed by atoms with van der Waals surface area (Å²) in [6.07, 6.45) is 0.543. The lowest BCUT2D eigenvalue weighted by molar-refractivity contribution is -0.145. The van der Waals surface area contributed by atoms with Crippen molar-refractivity contribution in [2.24, 2.45) is 11.8 Å². The third kappa shape index (κ3) is 4.99. The number of para-hydroxylation sites is 1. The van der Waals surface area contributed by atoms with Crippen molar-refractivity contribution in [2.75, 3.05) is 20.8 Å². The van der Waals surface area contributed by atoms with Gasteiger partial charge in [-0.3, -0.25) is 4.79 Å². The summed E-state index contributed by atoms with van der Waals surface area (Å²) in [5.41, 5.74) is 0. The molecule has 0 unspecified atom stereocenters. The van der Waals surface area contributed by atoms with Crippen LogP contribution in [0.15, 0.2) is 29.2 Å². The van der Waals surface area contributed by atoms with E-state index in [1.807, 2.05) is 13.8 Å². The van der Waals surface area contributed by atoms with Gasteiger partial charge in [-0.15, -0.1) is 0 Å². The van der Waals surface area contributed by atoms with Crippen molar-refractivity contribution < 1.29 is 22.7 Å². The molecular formula is C15H23NO5S. The number of nitrogens with one attached hydrogen (secondary N) is 1. The Labute approximate surface area is 131 Å². The Morgan fingerprint density at radius 3 is 2.41 bits per heavy atom. The molecule has 0 fully saturated rings. The number of hydrogen-bond donors (Lipinski definition) is 1. The molecule has 1 rings (SSSR count). The fourth-order valence-electron chi connectivity index (χ4n) is 2.13. The van der Waals surface area contributed by atoms with Crippen LogP contribution >= 0.6 is 0 Å². The van der Waals surface area contributed by atoms with E-state index in [0.29, 0.717) is 6.42 Å². The monoisotopic (exact) mass is 329 g/mol. The van der Waals surface area contributed by atoms with E-state index in [1.165, 1.54) is 20.3 Å². The maximum Gasteiger partial charge on any atom is 0.309 e. The Kier molecular flexibility index (Phi) is 6.83. The summed E-state index contributed by atoms with van der Waals surface area (Å²) in [6.45, 7) is 3.92. The molecular weight excluding hydrogens is 306 g/mol. The summed E-state index contributed by atoms with van der Waals surface area (Å²) in [5, 5.41) is 0. The van der Waals surface area contributed by atoms with Crippen LogP contribution in [0.5, 0.6) is 5.75 Å². The average molecular weight is 329 g/mol. The molecule has 0 aliphatic carbocycles. The van der Waals surface area contributed by atoms with Gasteiger partial charge in [-0.25, -0.2) is 13.1 Å². The maximum absolute atomic E-state index is 12.4. The van der Waals surface area contributed by atoms with Crippen molar-refractivity contribution in [2.45, 2.75) is 25.2 Å². The Hall–Kier alpha value is -1.60. The number of esters is 1. The van der Waals surface area contributed by atoms with Crippen molar-refractivity contribution in [3.63, 3.8) is 0 Å². The maximum atomic E-state index is 12.4. The minimum absolute atomic E-state index is 0.00870. The first-order valence-corrected chi connectivity index (χ1v) is 8.50. The Morgan fingerprint density at radius 1 is 1.23 bits per heavy atom. The van der Waals surface area contributed by atoms with Gasteiger partial charge in [0.25, 0.3) is 0 Å². The van der Waals surface area contributed by atoms with Crippen molar-refractivity contribution in [3.05, 3.63) is 24.3 Å². The largest absolute Gasteiger partial charge is 0.495 e. The van der Waals surface area contributed by atoms with Crippen LogP contribution in [0.4, 0.5) is 0 Å². The lowest BCUT2D eigenvalue weighted by Crippen LogP contribution is -2.34. The number of sulfonamides is 1. The van der Waals surface area contributed by atoms with Gasteiger partial charge >= 0.3 is 5.97 Å². The fourth-order valence-corrected chi connectivity index (χ4v) is 3.38. The summed E-state index contributed by atoms with van der Waals surface area (Å²) in [6, 6.07) is 6.33. The van der Waals surface area contributed by atoms with Crippen LogP contribution < -0.4 is 9.46 Å². The zero-order chi connectivity index (χ0) is 16.8. The highest BCUT2D eigenvalue weighted by molar-refractivity contribution is 7.89. The predicted molar refractivity (Wildman–Crippen MR) is 83.1 cm³/mol. The van der Waals surface area contributed by atoms with Crippen molar-refractivity contribution in [1.82, 2.24) is 4.72 Å². The summed E-state index contributed by atoms with van der Waals surface area (Å²) in [4.78, 5) is 11.8. The number of ether oxygens (including phenoxy) is 2. The molecule has 6 nitrogen and oxygen atoms in total. The second-order valence-corrected chi connectivity index (χ2v) is 7.09. The van der Waals surface area contributed by atoms with Gasteiger partial charge in [0.15, 0.2) is 0 Å². The van der Waals surface area contributed by atoms with Gasteiger partial charge in [0.1, 0.15) is 10.6 Å². The van der Waals surface area contributed by atoms with Crippen LogP contribution in [0.2, 0.25) is 0 Å². The van der Waals surface area contributed by atoms with Crippen molar-refractivity contribution >= 4 is 16.0 Å². The lowest BCUT2D eigenvalue weighted by Gasteiger charge is -2.18. The molecule has 1 aromatic rings. The molecule has 124 valence electrons. The number of methoxy groups -OCH3 is 2. The number of carbonyl (C=O) groups is 1. The second-order valence-electron chi connectivity index (χ2n) is 5.35. The lowest BCUT2D eigenvalue weighted by atomic mass is 9.97. The SMILES string of the molecule is COC(=O)[C@H](CNS(=O)(=O)c1ccccc1OC)CC(C)C. The summed E-state index contributed by atoms with van der Waals surface area (Å²) >= 11 is 0. The number of carbonyl (C=O) groups excluding carboxylic acids is 1. The Morgan fingerprint density at radius 2 is 1.86 bits per heavy atom. The first-order chi connectivity index (χ1) is 10.3. The van der Waals surface area contributed by atoms with Crippen LogP contribution in [-0.4, -0.2) is 35.2 Å². The molecule has 0 bridgehead atoms. The van der Waals surface area contributed by atoms with E-state index in [9.17, 15) is 13.2 Å². The minimum Gasteiger partial charge on any atom is -0.495 e. The van der Waals surface area contributed by atoms with E-state index in [2.05, 4.69) is 4.72 Å². The summed E-state index contributed by atoms with van der Waals surface area (Å²) in [5.74, 6) is -0.431. The topological polar surface area (TPSA) is 81.7 Å². The number of benzene rings is 1. The van der Waals surface area contributed by atoms with E-state index >= 15 is 0 Å². The highest BCUT2D eigenvalue weighted by Gasteiger charge is 2.25. The fraction of sp³-hybridized carbons (Fsp3) is 0.533. The van der Waals surface area contributed by atoms with E-state index in [4.69, 9.17) is 9.47 Å². The third-order valence-electron chi connectivity index (χ3n) is 3.17. The molecule has 7 heteroatoms. The van der Waals surface area contributed by atoms with Gasteiger partial charge < -0.3 is 9.47 Å². The van der Waals surface area contributed by atoms with E-state index in [-0.39, 0.29) is 23.1 Å². The van der Waals surface area contributed by atoms with Gasteiger partial charge in [-0.1, -0.05) is 26.0 Å². The number of hydrogen-bond acceptors (Lipinski definition) is 5. The molecule has 1 atom stereocenters. The van der Waals surface area contributed by atoms with Crippen LogP contribution in [0.1, 0.15) is 20.3 Å². The first kappa shape index (κ1) is 18.4. The van der Waals surface area contributed by atoms with Gasteiger partial charge in [-0.05, 0) is 24.5 Å². The van der Waals surface area contributed by atoms with Gasteiger partial charge in [0.05, 0.1) is 20.1 Å². The van der Waals surface area contributed by atoms with Crippen LogP contribution in [0.3, 0.4) is 0 Å². The van der Waals surface area contributed by atoms with Gasteiger partial charge in [0, 0.05) is 6.54 Å². The first-order valence-electron chi connectivity index (χ1n) is 7.02. The molecule has 0 saturated carbocycles. The van der Waals surface area contributed by atoms with Crippen LogP contribution in [-0.2, 0) is 19.6 Å². The molecule has 0 saturated heterocycles. The standard InChI is InChI=1S/C15H23NO5S/c1-11(2)9-12(15(17)21-4)10-16-22(18,19)14-8-6-5-7-13(14)20-3/h5-8,11-12,16H,9-10H2,1-4H3/t12-/m0/s1. The summed E-state index contributed by atoms with van der Waals surface area (Å²) in [7, 11) is -1.06. The molecule has 0 aromatic heterocycles. The molecule has 1 aromatic carbocycles. The Bertz CT molecular complexity index is 598. The zero-order valence-electron chi connectivity index (χ0n) is 13.3. The number of rotatable bonds is 8. The molecule has 0 aliphatic rings. The molecule has 1 N–H and O–H groups in total. The normalized spacial score (nSPS) is 13.0. The molecule has 0 aliphatic heterocycles.